The Labute approximate surface area is 155 Å². The van der Waals surface area contributed by atoms with Gasteiger partial charge in [-0.2, -0.15) is 0 Å². The molecule has 0 heterocycles. The van der Waals surface area contributed by atoms with Gasteiger partial charge in [0, 0.05) is 18.2 Å². The van der Waals surface area contributed by atoms with Crippen LogP contribution < -0.4 is 9.47 Å². The zero-order valence-electron chi connectivity index (χ0n) is 14.2. The Balaban J connectivity index is 1.98. The van der Waals surface area contributed by atoms with Crippen LogP contribution in [-0.4, -0.2) is 20.5 Å². The molecule has 0 aromatic heterocycles. The van der Waals surface area contributed by atoms with Crippen LogP contribution in [0.5, 0.6) is 17.2 Å². The Morgan fingerprint density at radius 3 is 2.11 bits per heavy atom. The van der Waals surface area contributed by atoms with Gasteiger partial charge in [-0.05, 0) is 36.4 Å². The van der Waals surface area contributed by atoms with Crippen LogP contribution in [0.4, 0.5) is 5.69 Å². The molecule has 0 aliphatic rings. The van der Waals surface area contributed by atoms with E-state index in [0.29, 0.717) is 5.75 Å². The van der Waals surface area contributed by atoms with E-state index in [1.54, 1.807) is 24.3 Å². The van der Waals surface area contributed by atoms with Gasteiger partial charge in [0.2, 0.25) is 9.84 Å². The van der Waals surface area contributed by atoms with Crippen LogP contribution in [0.25, 0.3) is 0 Å². The number of methoxy groups -OCH3 is 1. The molecule has 3 aromatic carbocycles. The zero-order chi connectivity index (χ0) is 19.4. The SMILES string of the molecule is COc1ccc(Oc2ccc([N+](=O)[O-])cc2)cc1S(=O)(=O)c1ccccc1. The normalized spacial score (nSPS) is 11.0. The number of hydrogen-bond acceptors (Lipinski definition) is 6. The quantitative estimate of drug-likeness (QED) is 0.465. The maximum atomic E-state index is 12.9. The van der Waals surface area contributed by atoms with Crippen LogP contribution in [0, 0.1) is 10.1 Å². The molecule has 0 spiro atoms. The smallest absolute Gasteiger partial charge is 0.269 e. The van der Waals surface area contributed by atoms with E-state index in [9.17, 15) is 18.5 Å². The Morgan fingerprint density at radius 1 is 0.889 bits per heavy atom. The molecular weight excluding hydrogens is 370 g/mol. The third-order valence-corrected chi connectivity index (χ3v) is 5.55. The van der Waals surface area contributed by atoms with E-state index in [2.05, 4.69) is 0 Å². The fraction of sp³-hybridized carbons (Fsp3) is 0.0526. The number of hydrogen-bond donors (Lipinski definition) is 0. The molecule has 7 nitrogen and oxygen atoms in total. The largest absolute Gasteiger partial charge is 0.495 e. The van der Waals surface area contributed by atoms with E-state index >= 15 is 0 Å². The van der Waals surface area contributed by atoms with Gasteiger partial charge in [0.25, 0.3) is 5.69 Å². The first-order chi connectivity index (χ1) is 12.9. The number of nitrogens with zero attached hydrogens (tertiary/aromatic N) is 1. The zero-order valence-corrected chi connectivity index (χ0v) is 15.0. The number of sulfone groups is 1. The van der Waals surface area contributed by atoms with E-state index in [1.165, 1.54) is 55.6 Å². The molecule has 0 unspecified atom stereocenters. The molecule has 0 atom stereocenters. The molecule has 0 N–H and O–H groups in total. The van der Waals surface area contributed by atoms with Gasteiger partial charge in [0.15, 0.2) is 0 Å². The Hall–Kier alpha value is -3.39. The molecule has 0 aliphatic heterocycles. The molecule has 0 saturated carbocycles. The number of nitro benzene ring substituents is 1. The van der Waals surface area contributed by atoms with Gasteiger partial charge in [-0.1, -0.05) is 18.2 Å². The topological polar surface area (TPSA) is 95.7 Å². The molecule has 3 aromatic rings. The molecule has 8 heteroatoms. The van der Waals surface area contributed by atoms with E-state index in [-0.39, 0.29) is 27.0 Å². The van der Waals surface area contributed by atoms with E-state index in [0.717, 1.165) is 0 Å². The number of benzene rings is 3. The molecule has 0 fully saturated rings. The summed E-state index contributed by atoms with van der Waals surface area (Å²) in [6, 6.07) is 17.9. The lowest BCUT2D eigenvalue weighted by atomic mass is 10.3. The van der Waals surface area contributed by atoms with Crippen LogP contribution in [0.3, 0.4) is 0 Å². The van der Waals surface area contributed by atoms with Gasteiger partial charge in [-0.25, -0.2) is 8.42 Å². The summed E-state index contributed by atoms with van der Waals surface area (Å²) in [4.78, 5) is 10.3. The minimum Gasteiger partial charge on any atom is -0.495 e. The van der Waals surface area contributed by atoms with Crippen molar-refractivity contribution < 1.29 is 22.8 Å². The number of nitro groups is 1. The molecule has 0 radical (unpaired) electrons. The lowest BCUT2D eigenvalue weighted by Crippen LogP contribution is -2.04. The van der Waals surface area contributed by atoms with E-state index in [4.69, 9.17) is 9.47 Å². The van der Waals surface area contributed by atoms with Crippen LogP contribution >= 0.6 is 0 Å². The summed E-state index contributed by atoms with van der Waals surface area (Å²) in [5, 5.41) is 10.7. The maximum Gasteiger partial charge on any atom is 0.269 e. The summed E-state index contributed by atoms with van der Waals surface area (Å²) in [5.74, 6) is 0.794. The highest BCUT2D eigenvalue weighted by atomic mass is 32.2. The van der Waals surface area contributed by atoms with Crippen LogP contribution in [0.2, 0.25) is 0 Å². The Morgan fingerprint density at radius 2 is 1.52 bits per heavy atom. The molecule has 0 bridgehead atoms. The van der Waals surface area contributed by atoms with Crippen molar-refractivity contribution >= 4 is 15.5 Å². The van der Waals surface area contributed by atoms with Crippen molar-refractivity contribution in [1.29, 1.82) is 0 Å². The van der Waals surface area contributed by atoms with Gasteiger partial charge in [0.1, 0.15) is 22.1 Å². The average Bonchev–Trinajstić information content (AvgIpc) is 2.69. The molecule has 0 saturated heterocycles. The van der Waals surface area contributed by atoms with Crippen LogP contribution in [0.15, 0.2) is 82.6 Å². The predicted molar refractivity (Wildman–Crippen MR) is 98.1 cm³/mol. The van der Waals surface area contributed by atoms with Crippen molar-refractivity contribution in [3.63, 3.8) is 0 Å². The number of non-ortho nitro benzene ring substituents is 1. The molecular formula is C19H15NO6S. The van der Waals surface area contributed by atoms with Gasteiger partial charge in [-0.15, -0.1) is 0 Å². The second-order valence-electron chi connectivity index (χ2n) is 5.48. The first kappa shape index (κ1) is 18.4. The van der Waals surface area contributed by atoms with Crippen molar-refractivity contribution in [3.05, 3.63) is 82.9 Å². The van der Waals surface area contributed by atoms with Crippen molar-refractivity contribution in [2.24, 2.45) is 0 Å². The maximum absolute atomic E-state index is 12.9. The van der Waals surface area contributed by atoms with Crippen molar-refractivity contribution in [1.82, 2.24) is 0 Å². The second-order valence-corrected chi connectivity index (χ2v) is 7.40. The first-order valence-electron chi connectivity index (χ1n) is 7.82. The fourth-order valence-corrected chi connectivity index (χ4v) is 3.89. The van der Waals surface area contributed by atoms with E-state index in [1.807, 2.05) is 0 Å². The van der Waals surface area contributed by atoms with Crippen molar-refractivity contribution in [3.8, 4) is 17.2 Å². The van der Waals surface area contributed by atoms with Gasteiger partial charge < -0.3 is 9.47 Å². The standard InChI is InChI=1S/C19H15NO6S/c1-25-18-12-11-16(26-15-9-7-14(8-10-15)20(21)22)13-19(18)27(23,24)17-5-3-2-4-6-17/h2-13H,1H3. The minimum absolute atomic E-state index is 0.0318. The summed E-state index contributed by atoms with van der Waals surface area (Å²) in [7, 11) is -2.42. The summed E-state index contributed by atoms with van der Waals surface area (Å²) in [5.41, 5.74) is -0.0653. The van der Waals surface area contributed by atoms with Crippen molar-refractivity contribution in [2.75, 3.05) is 7.11 Å². The van der Waals surface area contributed by atoms with Gasteiger partial charge in [0.05, 0.1) is 16.9 Å². The second kappa shape index (κ2) is 7.46. The third kappa shape index (κ3) is 3.90. The highest BCUT2D eigenvalue weighted by Gasteiger charge is 2.23. The Bertz CT molecular complexity index is 1060. The summed E-state index contributed by atoms with van der Waals surface area (Å²) < 4.78 is 36.7. The minimum atomic E-state index is -3.81. The first-order valence-corrected chi connectivity index (χ1v) is 9.30. The molecule has 138 valence electrons. The lowest BCUT2D eigenvalue weighted by Gasteiger charge is -2.12. The molecule has 27 heavy (non-hydrogen) atoms. The van der Waals surface area contributed by atoms with Gasteiger partial charge >= 0.3 is 0 Å². The average molecular weight is 385 g/mol. The lowest BCUT2D eigenvalue weighted by molar-refractivity contribution is -0.384. The van der Waals surface area contributed by atoms with Crippen LogP contribution in [0.1, 0.15) is 0 Å². The Kier molecular flexibility index (Phi) is 5.09. The number of ether oxygens (including phenoxy) is 2. The van der Waals surface area contributed by atoms with Gasteiger partial charge in [-0.3, -0.25) is 10.1 Å². The van der Waals surface area contributed by atoms with Crippen molar-refractivity contribution in [2.45, 2.75) is 9.79 Å². The predicted octanol–water partition coefficient (Wildman–Crippen LogP) is 4.23. The molecule has 3 rings (SSSR count). The molecule has 0 amide bonds. The summed E-state index contributed by atoms with van der Waals surface area (Å²) >= 11 is 0. The monoisotopic (exact) mass is 385 g/mol. The number of rotatable bonds is 6. The van der Waals surface area contributed by atoms with E-state index < -0.39 is 14.8 Å². The summed E-state index contributed by atoms with van der Waals surface area (Å²) in [6.45, 7) is 0. The fourth-order valence-electron chi connectivity index (χ4n) is 2.43. The third-order valence-electron chi connectivity index (χ3n) is 3.76. The summed E-state index contributed by atoms with van der Waals surface area (Å²) in [6.07, 6.45) is 0. The highest BCUT2D eigenvalue weighted by molar-refractivity contribution is 7.91. The highest BCUT2D eigenvalue weighted by Crippen LogP contribution is 2.34. The molecule has 0 aliphatic carbocycles. The van der Waals surface area contributed by atoms with Crippen LogP contribution in [-0.2, 0) is 9.84 Å².